The fourth-order valence-electron chi connectivity index (χ4n) is 2.98. The number of aromatic hydroxyl groups is 1. The molecule has 1 heterocycles. The van der Waals surface area contributed by atoms with E-state index in [0.717, 1.165) is 19.3 Å². The molecule has 1 aliphatic carbocycles. The lowest BCUT2D eigenvalue weighted by Crippen LogP contribution is -2.31. The Morgan fingerprint density at radius 1 is 1.25 bits per heavy atom. The van der Waals surface area contributed by atoms with E-state index in [1.165, 1.54) is 15.9 Å². The highest BCUT2D eigenvalue weighted by atomic mass is 32.1. The number of rotatable bonds is 7. The molecule has 6 nitrogen and oxygen atoms in total. The highest BCUT2D eigenvalue weighted by Gasteiger charge is 2.37. The van der Waals surface area contributed by atoms with Gasteiger partial charge in [0.2, 0.25) is 5.88 Å². The van der Waals surface area contributed by atoms with Crippen LogP contribution >= 0.6 is 23.6 Å². The second-order valence-electron chi connectivity index (χ2n) is 6.06. The molecule has 1 saturated carbocycles. The van der Waals surface area contributed by atoms with Gasteiger partial charge in [0, 0.05) is 13.0 Å². The SMILES string of the molecule is O=C(O)CCCn1c(O)c(C=CC2(C(=O)O)CCCCC2)sc1=S. The Bertz CT molecular complexity index is 698. The van der Waals surface area contributed by atoms with Crippen LogP contribution in [0, 0.1) is 9.37 Å². The van der Waals surface area contributed by atoms with Crippen LogP contribution in [-0.2, 0) is 16.1 Å². The largest absolute Gasteiger partial charge is 0.493 e. The van der Waals surface area contributed by atoms with Crippen LogP contribution < -0.4 is 0 Å². The molecule has 0 unspecified atom stereocenters. The predicted octanol–water partition coefficient (Wildman–Crippen LogP) is 3.90. The predicted molar refractivity (Wildman–Crippen MR) is 93.9 cm³/mol. The van der Waals surface area contributed by atoms with E-state index in [9.17, 15) is 19.8 Å². The van der Waals surface area contributed by atoms with Crippen molar-refractivity contribution >= 4 is 41.6 Å². The summed E-state index contributed by atoms with van der Waals surface area (Å²) in [6.07, 6.45) is 7.71. The van der Waals surface area contributed by atoms with Crippen LogP contribution in [0.1, 0.15) is 49.8 Å². The molecule has 1 aromatic heterocycles. The summed E-state index contributed by atoms with van der Waals surface area (Å²) < 4.78 is 1.95. The highest BCUT2D eigenvalue weighted by Crippen LogP contribution is 2.39. The zero-order valence-electron chi connectivity index (χ0n) is 13.2. The maximum atomic E-state index is 11.7. The van der Waals surface area contributed by atoms with Crippen molar-refractivity contribution in [1.82, 2.24) is 4.57 Å². The monoisotopic (exact) mass is 371 g/mol. The third-order valence-corrected chi connectivity index (χ3v) is 5.80. The molecular formula is C16H21NO5S2. The highest BCUT2D eigenvalue weighted by molar-refractivity contribution is 7.73. The Kier molecular flexibility index (Phi) is 6.17. The lowest BCUT2D eigenvalue weighted by molar-refractivity contribution is -0.147. The van der Waals surface area contributed by atoms with Crippen LogP contribution in [-0.4, -0.2) is 31.8 Å². The Hall–Kier alpha value is -1.67. The summed E-state index contributed by atoms with van der Waals surface area (Å²) in [6.45, 7) is 0.325. The smallest absolute Gasteiger partial charge is 0.313 e. The zero-order valence-corrected chi connectivity index (χ0v) is 14.9. The molecule has 0 bridgehead atoms. The first-order chi connectivity index (χ1) is 11.4. The number of carboxylic acids is 2. The fourth-order valence-corrected chi connectivity index (χ4v) is 4.24. The van der Waals surface area contributed by atoms with Crippen molar-refractivity contribution in [2.45, 2.75) is 51.5 Å². The summed E-state index contributed by atoms with van der Waals surface area (Å²) in [5, 5.41) is 28.5. The van der Waals surface area contributed by atoms with Gasteiger partial charge >= 0.3 is 11.9 Å². The molecule has 8 heteroatoms. The van der Waals surface area contributed by atoms with Crippen molar-refractivity contribution in [2.75, 3.05) is 0 Å². The molecule has 2 rings (SSSR count). The van der Waals surface area contributed by atoms with Gasteiger partial charge in [0.1, 0.15) is 0 Å². The molecule has 0 aromatic carbocycles. The van der Waals surface area contributed by atoms with Crippen LogP contribution in [0.15, 0.2) is 6.08 Å². The Labute approximate surface area is 149 Å². The number of nitrogens with zero attached hydrogens (tertiary/aromatic N) is 1. The summed E-state index contributed by atoms with van der Waals surface area (Å²) in [5.41, 5.74) is -0.871. The molecule has 1 aromatic rings. The summed E-state index contributed by atoms with van der Waals surface area (Å²) >= 11 is 6.41. The van der Waals surface area contributed by atoms with E-state index >= 15 is 0 Å². The van der Waals surface area contributed by atoms with Gasteiger partial charge in [0.25, 0.3) is 0 Å². The van der Waals surface area contributed by atoms with Gasteiger partial charge in [-0.15, -0.1) is 11.3 Å². The van der Waals surface area contributed by atoms with Crippen molar-refractivity contribution in [3.63, 3.8) is 0 Å². The lowest BCUT2D eigenvalue weighted by Gasteiger charge is -2.30. The van der Waals surface area contributed by atoms with E-state index in [-0.39, 0.29) is 12.3 Å². The van der Waals surface area contributed by atoms with Gasteiger partial charge in [0.15, 0.2) is 3.95 Å². The van der Waals surface area contributed by atoms with Gasteiger partial charge in [-0.05, 0) is 37.6 Å². The zero-order chi connectivity index (χ0) is 17.7. The summed E-state index contributed by atoms with van der Waals surface area (Å²) in [5.74, 6) is -1.75. The Morgan fingerprint density at radius 3 is 2.50 bits per heavy atom. The third-order valence-electron chi connectivity index (χ3n) is 4.39. The minimum atomic E-state index is -0.892. The van der Waals surface area contributed by atoms with Gasteiger partial charge in [-0.25, -0.2) is 0 Å². The van der Waals surface area contributed by atoms with E-state index < -0.39 is 17.4 Å². The first kappa shape index (κ1) is 18.7. The summed E-state index contributed by atoms with van der Waals surface area (Å²) in [7, 11) is 0. The number of carboxylic acid groups (broad SMARTS) is 2. The average molecular weight is 371 g/mol. The first-order valence-corrected chi connectivity index (χ1v) is 9.15. The van der Waals surface area contributed by atoms with Gasteiger partial charge in [0.05, 0.1) is 10.3 Å². The fraction of sp³-hybridized carbons (Fsp3) is 0.562. The standard InChI is InChI=1S/C16H21NO5S2/c18-12(19)5-4-10-17-13(20)11(24-15(17)23)6-9-16(14(21)22)7-2-1-3-8-16/h6,9,20H,1-5,7-8,10H2,(H,18,19)(H,21,22). The second-order valence-corrected chi connectivity index (χ2v) is 7.74. The van der Waals surface area contributed by atoms with Gasteiger partial charge < -0.3 is 15.3 Å². The topological polar surface area (TPSA) is 99.8 Å². The number of aromatic nitrogens is 1. The number of hydrogen-bond donors (Lipinski definition) is 3. The van der Waals surface area contributed by atoms with Crippen LogP contribution in [0.25, 0.3) is 6.08 Å². The number of thiazole rings is 1. The average Bonchev–Trinajstić information content (AvgIpc) is 2.81. The maximum Gasteiger partial charge on any atom is 0.313 e. The first-order valence-electron chi connectivity index (χ1n) is 7.93. The maximum absolute atomic E-state index is 11.7. The van der Waals surface area contributed by atoms with E-state index in [0.29, 0.717) is 34.6 Å². The molecule has 0 saturated heterocycles. The molecule has 24 heavy (non-hydrogen) atoms. The van der Waals surface area contributed by atoms with Gasteiger partial charge in [-0.2, -0.15) is 0 Å². The van der Waals surface area contributed by atoms with Crippen LogP contribution in [0.4, 0.5) is 0 Å². The molecule has 0 aliphatic heterocycles. The van der Waals surface area contributed by atoms with Crippen molar-refractivity contribution in [3.8, 4) is 5.88 Å². The number of carbonyl (C=O) groups is 2. The molecule has 0 radical (unpaired) electrons. The molecule has 1 fully saturated rings. The molecule has 132 valence electrons. The Morgan fingerprint density at radius 2 is 1.92 bits per heavy atom. The van der Waals surface area contributed by atoms with Crippen molar-refractivity contribution in [3.05, 3.63) is 14.9 Å². The van der Waals surface area contributed by atoms with E-state index in [1.54, 1.807) is 12.2 Å². The molecular weight excluding hydrogens is 350 g/mol. The van der Waals surface area contributed by atoms with E-state index in [1.807, 2.05) is 0 Å². The molecule has 0 atom stereocenters. The molecule has 3 N–H and O–H groups in total. The minimum absolute atomic E-state index is 0.00432. The number of aliphatic carboxylic acids is 2. The summed E-state index contributed by atoms with van der Waals surface area (Å²) in [6, 6.07) is 0. The Balaban J connectivity index is 2.18. The molecule has 0 amide bonds. The lowest BCUT2D eigenvalue weighted by atomic mass is 9.74. The van der Waals surface area contributed by atoms with Gasteiger partial charge in [-0.1, -0.05) is 25.3 Å². The van der Waals surface area contributed by atoms with Crippen molar-refractivity contribution in [2.24, 2.45) is 5.41 Å². The quantitative estimate of drug-likeness (QED) is 0.629. The van der Waals surface area contributed by atoms with E-state index in [4.69, 9.17) is 17.3 Å². The second kappa shape index (κ2) is 7.94. The van der Waals surface area contributed by atoms with E-state index in [2.05, 4.69) is 0 Å². The van der Waals surface area contributed by atoms with Crippen LogP contribution in [0.5, 0.6) is 5.88 Å². The van der Waals surface area contributed by atoms with Crippen LogP contribution in [0.2, 0.25) is 0 Å². The minimum Gasteiger partial charge on any atom is -0.493 e. The molecule has 0 spiro atoms. The summed E-state index contributed by atoms with van der Waals surface area (Å²) in [4.78, 5) is 22.8. The third kappa shape index (κ3) is 4.24. The van der Waals surface area contributed by atoms with Gasteiger partial charge in [-0.3, -0.25) is 14.2 Å². The van der Waals surface area contributed by atoms with Crippen molar-refractivity contribution in [1.29, 1.82) is 0 Å². The number of hydrogen-bond acceptors (Lipinski definition) is 5. The van der Waals surface area contributed by atoms with Crippen molar-refractivity contribution < 1.29 is 24.9 Å². The normalized spacial score (nSPS) is 17.2. The molecule has 1 aliphatic rings. The van der Waals surface area contributed by atoms with Crippen LogP contribution in [0.3, 0.4) is 0 Å².